The van der Waals surface area contributed by atoms with Crippen LogP contribution in [-0.4, -0.2) is 7.11 Å². The molecule has 0 radical (unpaired) electrons. The Morgan fingerprint density at radius 2 is 1.59 bits per heavy atom. The van der Waals surface area contributed by atoms with Crippen molar-refractivity contribution >= 4 is 18.1 Å². The summed E-state index contributed by atoms with van der Waals surface area (Å²) in [5, 5.41) is 3.36. The number of halogens is 1. The van der Waals surface area contributed by atoms with Crippen LogP contribution in [0.2, 0.25) is 0 Å². The molecule has 0 aromatic heterocycles. The Hall–Kier alpha value is -1.67. The molecule has 0 unspecified atom stereocenters. The average molecular weight is 250 g/mol. The number of para-hydroxylation sites is 1. The molecule has 0 heterocycles. The summed E-state index contributed by atoms with van der Waals surface area (Å²) in [6.45, 7) is 0.827. The highest BCUT2D eigenvalue weighted by Crippen LogP contribution is 2.13. The van der Waals surface area contributed by atoms with E-state index >= 15 is 0 Å². The van der Waals surface area contributed by atoms with Gasteiger partial charge in [-0.15, -0.1) is 12.4 Å². The number of ether oxygens (including phenoxy) is 1. The Morgan fingerprint density at radius 3 is 2.18 bits per heavy atom. The molecule has 2 nitrogen and oxygen atoms in total. The van der Waals surface area contributed by atoms with Gasteiger partial charge in [0.25, 0.3) is 0 Å². The second-order valence-electron chi connectivity index (χ2n) is 3.57. The third-order valence-electron chi connectivity index (χ3n) is 2.43. The molecule has 1 N–H and O–H groups in total. The van der Waals surface area contributed by atoms with Gasteiger partial charge in [0.05, 0.1) is 7.11 Å². The lowest BCUT2D eigenvalue weighted by Crippen LogP contribution is -1.98. The second kappa shape index (κ2) is 6.81. The maximum absolute atomic E-state index is 5.11. The van der Waals surface area contributed by atoms with Gasteiger partial charge in [-0.25, -0.2) is 0 Å². The van der Waals surface area contributed by atoms with E-state index in [4.69, 9.17) is 4.74 Å². The SMILES string of the molecule is COc1ccc(CNc2ccccc2)cc1.Cl. The first-order valence-corrected chi connectivity index (χ1v) is 5.30. The number of methoxy groups -OCH3 is 1. The van der Waals surface area contributed by atoms with Crippen LogP contribution in [0.15, 0.2) is 54.6 Å². The van der Waals surface area contributed by atoms with Crippen LogP contribution in [0.4, 0.5) is 5.69 Å². The van der Waals surface area contributed by atoms with Crippen molar-refractivity contribution < 1.29 is 4.74 Å². The number of hydrogen-bond acceptors (Lipinski definition) is 2. The van der Waals surface area contributed by atoms with Crippen molar-refractivity contribution in [2.24, 2.45) is 0 Å². The van der Waals surface area contributed by atoms with E-state index in [2.05, 4.69) is 29.6 Å². The minimum absolute atomic E-state index is 0. The standard InChI is InChI=1S/C14H15NO.ClH/c1-16-14-9-7-12(8-10-14)11-15-13-5-3-2-4-6-13;/h2-10,15H,11H2,1H3;1H. The van der Waals surface area contributed by atoms with Gasteiger partial charge in [0, 0.05) is 12.2 Å². The molecule has 0 saturated heterocycles. The van der Waals surface area contributed by atoms with Crippen molar-refractivity contribution in [2.75, 3.05) is 12.4 Å². The molecule has 0 atom stereocenters. The van der Waals surface area contributed by atoms with Crippen LogP contribution in [0.1, 0.15) is 5.56 Å². The zero-order chi connectivity index (χ0) is 11.2. The molecule has 90 valence electrons. The quantitative estimate of drug-likeness (QED) is 0.892. The summed E-state index contributed by atoms with van der Waals surface area (Å²) in [6, 6.07) is 18.3. The van der Waals surface area contributed by atoms with Crippen LogP contribution in [-0.2, 0) is 6.54 Å². The number of rotatable bonds is 4. The number of anilines is 1. The lowest BCUT2D eigenvalue weighted by molar-refractivity contribution is 0.414. The van der Waals surface area contributed by atoms with E-state index in [0.717, 1.165) is 18.0 Å². The smallest absolute Gasteiger partial charge is 0.118 e. The zero-order valence-electron chi connectivity index (χ0n) is 9.72. The van der Waals surface area contributed by atoms with E-state index in [-0.39, 0.29) is 12.4 Å². The van der Waals surface area contributed by atoms with Gasteiger partial charge in [0.1, 0.15) is 5.75 Å². The van der Waals surface area contributed by atoms with E-state index in [1.165, 1.54) is 5.56 Å². The normalized spacial score (nSPS) is 9.24. The monoisotopic (exact) mass is 249 g/mol. The van der Waals surface area contributed by atoms with E-state index in [1.54, 1.807) is 7.11 Å². The Morgan fingerprint density at radius 1 is 0.941 bits per heavy atom. The Kier molecular flexibility index (Phi) is 5.37. The lowest BCUT2D eigenvalue weighted by atomic mass is 10.2. The van der Waals surface area contributed by atoms with Crippen LogP contribution in [0.5, 0.6) is 5.75 Å². The Bertz CT molecular complexity index is 428. The van der Waals surface area contributed by atoms with Crippen molar-refractivity contribution in [3.05, 3.63) is 60.2 Å². The summed E-state index contributed by atoms with van der Waals surface area (Å²) < 4.78 is 5.11. The molecule has 2 rings (SSSR count). The fourth-order valence-corrected chi connectivity index (χ4v) is 1.50. The average Bonchev–Trinajstić information content (AvgIpc) is 2.38. The molecule has 0 amide bonds. The first-order valence-electron chi connectivity index (χ1n) is 5.30. The molecule has 2 aromatic carbocycles. The zero-order valence-corrected chi connectivity index (χ0v) is 10.5. The maximum Gasteiger partial charge on any atom is 0.118 e. The third kappa shape index (κ3) is 4.00. The predicted molar refractivity (Wildman–Crippen MR) is 74.0 cm³/mol. The highest BCUT2D eigenvalue weighted by Gasteiger charge is 1.94. The molecular weight excluding hydrogens is 234 g/mol. The molecule has 0 saturated carbocycles. The predicted octanol–water partition coefficient (Wildman–Crippen LogP) is 3.73. The van der Waals surface area contributed by atoms with Gasteiger partial charge in [-0.1, -0.05) is 30.3 Å². The molecule has 17 heavy (non-hydrogen) atoms. The number of hydrogen-bond donors (Lipinski definition) is 1. The van der Waals surface area contributed by atoms with Crippen LogP contribution >= 0.6 is 12.4 Å². The van der Waals surface area contributed by atoms with E-state index in [9.17, 15) is 0 Å². The minimum Gasteiger partial charge on any atom is -0.497 e. The van der Waals surface area contributed by atoms with Crippen LogP contribution in [0.25, 0.3) is 0 Å². The first-order chi connectivity index (χ1) is 7.88. The Balaban J connectivity index is 0.00000144. The van der Waals surface area contributed by atoms with Gasteiger partial charge >= 0.3 is 0 Å². The summed E-state index contributed by atoms with van der Waals surface area (Å²) in [4.78, 5) is 0. The molecule has 0 fully saturated rings. The van der Waals surface area contributed by atoms with Crippen molar-refractivity contribution in [3.63, 3.8) is 0 Å². The molecule has 0 spiro atoms. The molecule has 0 aliphatic carbocycles. The summed E-state index contributed by atoms with van der Waals surface area (Å²) >= 11 is 0. The third-order valence-corrected chi connectivity index (χ3v) is 2.43. The van der Waals surface area contributed by atoms with Gasteiger partial charge in [-0.2, -0.15) is 0 Å². The van der Waals surface area contributed by atoms with Gasteiger partial charge in [-0.3, -0.25) is 0 Å². The minimum atomic E-state index is 0. The molecule has 3 heteroatoms. The van der Waals surface area contributed by atoms with Gasteiger partial charge in [-0.05, 0) is 29.8 Å². The maximum atomic E-state index is 5.11. The van der Waals surface area contributed by atoms with Crippen LogP contribution < -0.4 is 10.1 Å². The molecule has 0 aliphatic heterocycles. The molecule has 0 bridgehead atoms. The van der Waals surface area contributed by atoms with E-state index < -0.39 is 0 Å². The highest BCUT2D eigenvalue weighted by molar-refractivity contribution is 5.85. The fourth-order valence-electron chi connectivity index (χ4n) is 1.50. The first kappa shape index (κ1) is 13.4. The summed E-state index contributed by atoms with van der Waals surface area (Å²) in [7, 11) is 1.68. The van der Waals surface area contributed by atoms with Crippen LogP contribution in [0.3, 0.4) is 0 Å². The number of nitrogens with one attached hydrogen (secondary N) is 1. The van der Waals surface area contributed by atoms with Crippen LogP contribution in [0, 0.1) is 0 Å². The fraction of sp³-hybridized carbons (Fsp3) is 0.143. The van der Waals surface area contributed by atoms with Crippen molar-refractivity contribution in [1.82, 2.24) is 0 Å². The number of benzene rings is 2. The topological polar surface area (TPSA) is 21.3 Å². The van der Waals surface area contributed by atoms with Gasteiger partial charge in [0.2, 0.25) is 0 Å². The van der Waals surface area contributed by atoms with Gasteiger partial charge < -0.3 is 10.1 Å². The second-order valence-corrected chi connectivity index (χ2v) is 3.57. The van der Waals surface area contributed by atoms with Crippen molar-refractivity contribution in [1.29, 1.82) is 0 Å². The lowest BCUT2D eigenvalue weighted by Gasteiger charge is -2.06. The van der Waals surface area contributed by atoms with Crippen molar-refractivity contribution in [3.8, 4) is 5.75 Å². The van der Waals surface area contributed by atoms with Gasteiger partial charge in [0.15, 0.2) is 0 Å². The largest absolute Gasteiger partial charge is 0.497 e. The molecular formula is C14H16ClNO. The molecule has 0 aliphatic rings. The summed E-state index contributed by atoms with van der Waals surface area (Å²) in [5.74, 6) is 0.892. The van der Waals surface area contributed by atoms with E-state index in [1.807, 2.05) is 30.3 Å². The summed E-state index contributed by atoms with van der Waals surface area (Å²) in [5.41, 5.74) is 2.38. The van der Waals surface area contributed by atoms with Crippen molar-refractivity contribution in [2.45, 2.75) is 6.54 Å². The Labute approximate surface area is 108 Å². The summed E-state index contributed by atoms with van der Waals surface area (Å²) in [6.07, 6.45) is 0. The molecule has 2 aromatic rings. The highest BCUT2D eigenvalue weighted by atomic mass is 35.5. The van der Waals surface area contributed by atoms with E-state index in [0.29, 0.717) is 0 Å².